The van der Waals surface area contributed by atoms with E-state index in [0.29, 0.717) is 22.4 Å². The van der Waals surface area contributed by atoms with E-state index in [1.807, 2.05) is 31.1 Å². The molecule has 2 heterocycles. The van der Waals surface area contributed by atoms with Gasteiger partial charge in [0.2, 0.25) is 5.91 Å². The van der Waals surface area contributed by atoms with E-state index in [1.54, 1.807) is 17.0 Å². The molecule has 0 bridgehead atoms. The molecule has 2 amide bonds. The third-order valence-electron chi connectivity index (χ3n) is 7.82. The molecule has 2 saturated heterocycles. The summed E-state index contributed by atoms with van der Waals surface area (Å²) in [7, 11) is 3.78. The Bertz CT molecular complexity index is 803. The molecule has 2 aliphatic heterocycles. The molecule has 1 saturated carbocycles. The molecule has 0 N–H and O–H groups in total. The topological polar surface area (TPSA) is 43.9 Å². The third kappa shape index (κ3) is 3.36. The smallest absolute Gasteiger partial charge is 0.253 e. The molecule has 1 spiro atoms. The highest BCUT2D eigenvalue weighted by molar-refractivity contribution is 6.30. The highest BCUT2D eigenvalue weighted by Crippen LogP contribution is 2.62. The van der Waals surface area contributed by atoms with Crippen LogP contribution in [0, 0.1) is 16.7 Å². The van der Waals surface area contributed by atoms with E-state index < -0.39 is 0 Å². The van der Waals surface area contributed by atoms with E-state index in [2.05, 4.69) is 11.8 Å². The monoisotopic (exact) mass is 417 g/mol. The first-order chi connectivity index (χ1) is 13.8. The summed E-state index contributed by atoms with van der Waals surface area (Å²) in [6.07, 6.45) is 4.06. The van der Waals surface area contributed by atoms with Gasteiger partial charge in [-0.25, -0.2) is 0 Å². The molecule has 3 aliphatic rings. The Labute approximate surface area is 179 Å². The maximum atomic E-state index is 13.2. The summed E-state index contributed by atoms with van der Waals surface area (Å²) in [5.41, 5.74) is 0.606. The largest absolute Gasteiger partial charge is 0.348 e. The van der Waals surface area contributed by atoms with Crippen LogP contribution in [0.15, 0.2) is 24.3 Å². The van der Waals surface area contributed by atoms with Crippen LogP contribution < -0.4 is 0 Å². The van der Waals surface area contributed by atoms with E-state index in [9.17, 15) is 9.59 Å². The lowest BCUT2D eigenvalue weighted by Crippen LogP contribution is -2.49. The number of piperidine rings is 1. The Morgan fingerprint density at radius 3 is 2.52 bits per heavy atom. The summed E-state index contributed by atoms with van der Waals surface area (Å²) >= 11 is 6.07. The van der Waals surface area contributed by atoms with Crippen molar-refractivity contribution in [3.63, 3.8) is 0 Å². The zero-order valence-electron chi connectivity index (χ0n) is 17.8. The molecular weight excluding hydrogens is 386 g/mol. The predicted molar refractivity (Wildman–Crippen MR) is 115 cm³/mol. The average Bonchev–Trinajstić information content (AvgIpc) is 3.24. The molecule has 1 aliphatic carbocycles. The minimum Gasteiger partial charge on any atom is -0.348 e. The molecule has 3 fully saturated rings. The second-order valence-corrected chi connectivity index (χ2v) is 9.84. The van der Waals surface area contributed by atoms with Crippen molar-refractivity contribution in [3.8, 4) is 0 Å². The maximum Gasteiger partial charge on any atom is 0.253 e. The van der Waals surface area contributed by atoms with Gasteiger partial charge in [0.1, 0.15) is 0 Å². The van der Waals surface area contributed by atoms with E-state index >= 15 is 0 Å². The number of amides is 2. The van der Waals surface area contributed by atoms with Crippen LogP contribution in [0.1, 0.15) is 43.0 Å². The van der Waals surface area contributed by atoms with Gasteiger partial charge in [0, 0.05) is 50.9 Å². The minimum atomic E-state index is -0.237. The average molecular weight is 418 g/mol. The number of likely N-dealkylation sites (tertiary alicyclic amines) is 2. The lowest BCUT2D eigenvalue weighted by molar-refractivity contribution is -0.141. The minimum absolute atomic E-state index is 0.0672. The SMILES string of the molecule is CCN1C[C@@H]2C3(CCN(C(=O)c4cccc(Cl)c4)CC3)CC[C@]2(C(=O)N(C)C)C1. The standard InChI is InChI=1S/C23H32ClN3O2/c1-4-26-15-19-22(8-9-23(19,16-26)21(29)25(2)3)10-12-27(13-11-22)20(28)17-6-5-7-18(24)14-17/h5-7,14,19H,4,8-13,15-16H2,1-3H3/t19-,23+/m1/s1. The van der Waals surface area contributed by atoms with Gasteiger partial charge in [-0.3, -0.25) is 9.59 Å². The van der Waals surface area contributed by atoms with Crippen LogP contribution in [0.25, 0.3) is 0 Å². The van der Waals surface area contributed by atoms with Crippen molar-refractivity contribution in [1.29, 1.82) is 0 Å². The molecule has 29 heavy (non-hydrogen) atoms. The van der Waals surface area contributed by atoms with E-state index in [-0.39, 0.29) is 16.7 Å². The summed E-state index contributed by atoms with van der Waals surface area (Å²) in [5, 5.41) is 0.595. The number of hydrogen-bond acceptors (Lipinski definition) is 3. The second kappa shape index (κ2) is 7.59. The lowest BCUT2D eigenvalue weighted by Gasteiger charge is -2.44. The molecule has 0 aromatic heterocycles. The quantitative estimate of drug-likeness (QED) is 0.757. The first-order valence-corrected chi connectivity index (χ1v) is 11.2. The summed E-state index contributed by atoms with van der Waals surface area (Å²) in [5.74, 6) is 0.763. The summed E-state index contributed by atoms with van der Waals surface area (Å²) in [4.78, 5) is 32.4. The fourth-order valence-corrected chi connectivity index (χ4v) is 6.44. The first kappa shape index (κ1) is 20.7. The molecule has 1 aromatic rings. The van der Waals surface area contributed by atoms with Crippen molar-refractivity contribution < 1.29 is 9.59 Å². The van der Waals surface area contributed by atoms with Crippen LogP contribution >= 0.6 is 11.6 Å². The molecule has 5 nitrogen and oxygen atoms in total. The Morgan fingerprint density at radius 1 is 1.17 bits per heavy atom. The van der Waals surface area contributed by atoms with Crippen LogP contribution in [0.2, 0.25) is 5.02 Å². The number of halogens is 1. The number of nitrogens with zero attached hydrogens (tertiary/aromatic N) is 3. The number of carbonyl (C=O) groups is 2. The Balaban J connectivity index is 1.52. The molecule has 1 aromatic carbocycles. The first-order valence-electron chi connectivity index (χ1n) is 10.8. The van der Waals surface area contributed by atoms with Gasteiger partial charge < -0.3 is 14.7 Å². The molecule has 158 valence electrons. The molecule has 4 rings (SSSR count). The predicted octanol–water partition coefficient (Wildman–Crippen LogP) is 3.38. The van der Waals surface area contributed by atoms with Crippen LogP contribution in [0.5, 0.6) is 0 Å². The van der Waals surface area contributed by atoms with Crippen molar-refractivity contribution in [1.82, 2.24) is 14.7 Å². The van der Waals surface area contributed by atoms with Crippen LogP contribution in [-0.4, -0.2) is 73.3 Å². The van der Waals surface area contributed by atoms with Gasteiger partial charge in [-0.05, 0) is 61.8 Å². The highest BCUT2D eigenvalue weighted by atomic mass is 35.5. The van der Waals surface area contributed by atoms with E-state index in [1.165, 1.54) is 0 Å². The third-order valence-corrected chi connectivity index (χ3v) is 8.05. The van der Waals surface area contributed by atoms with Crippen molar-refractivity contribution in [3.05, 3.63) is 34.9 Å². The summed E-state index contributed by atoms with van der Waals surface area (Å²) in [6, 6.07) is 7.21. The summed E-state index contributed by atoms with van der Waals surface area (Å²) in [6.45, 7) is 6.61. The fraction of sp³-hybridized carbons (Fsp3) is 0.652. The van der Waals surface area contributed by atoms with Gasteiger partial charge in [0.05, 0.1) is 5.41 Å². The molecule has 2 atom stereocenters. The number of rotatable bonds is 3. The number of hydrogen-bond donors (Lipinski definition) is 0. The zero-order valence-corrected chi connectivity index (χ0v) is 18.5. The van der Waals surface area contributed by atoms with Gasteiger partial charge in [0.15, 0.2) is 0 Å². The summed E-state index contributed by atoms with van der Waals surface area (Å²) < 4.78 is 0. The fourth-order valence-electron chi connectivity index (χ4n) is 6.25. The number of fused-ring (bicyclic) bond motifs is 2. The lowest BCUT2D eigenvalue weighted by atomic mass is 9.65. The van der Waals surface area contributed by atoms with Crippen molar-refractivity contribution in [2.45, 2.75) is 32.6 Å². The van der Waals surface area contributed by atoms with Crippen molar-refractivity contribution in [2.75, 3.05) is 46.8 Å². The molecule has 0 unspecified atom stereocenters. The van der Waals surface area contributed by atoms with Crippen LogP contribution in [-0.2, 0) is 4.79 Å². The van der Waals surface area contributed by atoms with Gasteiger partial charge in [-0.15, -0.1) is 0 Å². The van der Waals surface area contributed by atoms with Gasteiger partial charge in [-0.1, -0.05) is 24.6 Å². The number of carbonyl (C=O) groups excluding carboxylic acids is 2. The van der Waals surface area contributed by atoms with Crippen molar-refractivity contribution >= 4 is 23.4 Å². The Hall–Kier alpha value is -1.59. The Morgan fingerprint density at radius 2 is 1.90 bits per heavy atom. The van der Waals surface area contributed by atoms with Crippen LogP contribution in [0.3, 0.4) is 0 Å². The van der Waals surface area contributed by atoms with Gasteiger partial charge in [-0.2, -0.15) is 0 Å². The number of benzene rings is 1. The van der Waals surface area contributed by atoms with Crippen LogP contribution in [0.4, 0.5) is 0 Å². The zero-order chi connectivity index (χ0) is 20.8. The molecular formula is C23H32ClN3O2. The van der Waals surface area contributed by atoms with Crippen molar-refractivity contribution in [2.24, 2.45) is 16.7 Å². The van der Waals surface area contributed by atoms with E-state index in [0.717, 1.165) is 58.4 Å². The normalized spacial score (nSPS) is 28.6. The molecule has 6 heteroatoms. The van der Waals surface area contributed by atoms with Gasteiger partial charge >= 0.3 is 0 Å². The maximum absolute atomic E-state index is 13.2. The van der Waals surface area contributed by atoms with Gasteiger partial charge in [0.25, 0.3) is 5.91 Å². The molecule has 0 radical (unpaired) electrons. The van der Waals surface area contributed by atoms with E-state index in [4.69, 9.17) is 11.6 Å². The Kier molecular flexibility index (Phi) is 5.41. The second-order valence-electron chi connectivity index (χ2n) is 9.40. The highest BCUT2D eigenvalue weighted by Gasteiger charge is 2.64.